The van der Waals surface area contributed by atoms with Crippen LogP contribution in [0.2, 0.25) is 0 Å². The van der Waals surface area contributed by atoms with Gasteiger partial charge in [0.25, 0.3) is 0 Å². The fourth-order valence-corrected chi connectivity index (χ4v) is 2.14. The lowest BCUT2D eigenvalue weighted by molar-refractivity contribution is 0.391. The van der Waals surface area contributed by atoms with Crippen LogP contribution in [0.5, 0.6) is 11.5 Å². The fourth-order valence-electron chi connectivity index (χ4n) is 1.39. The zero-order valence-electron chi connectivity index (χ0n) is 9.21. The van der Waals surface area contributed by atoms with Crippen LogP contribution in [0.15, 0.2) is 12.1 Å². The van der Waals surface area contributed by atoms with Crippen molar-refractivity contribution in [3.63, 3.8) is 0 Å². The second-order valence-electron chi connectivity index (χ2n) is 3.48. The van der Waals surface area contributed by atoms with Gasteiger partial charge in [-0.1, -0.05) is 0 Å². The molecule has 0 amide bonds. The largest absolute Gasteiger partial charge is 0.497 e. The number of halogens is 1. The molecule has 0 aromatic heterocycles. The molecule has 3 nitrogen and oxygen atoms in total. The highest BCUT2D eigenvalue weighted by Crippen LogP contribution is 2.30. The van der Waals surface area contributed by atoms with Crippen molar-refractivity contribution in [3.8, 4) is 11.5 Å². The third-order valence-electron chi connectivity index (χ3n) is 2.09. The van der Waals surface area contributed by atoms with E-state index in [0.29, 0.717) is 0 Å². The van der Waals surface area contributed by atoms with Crippen molar-refractivity contribution in [2.24, 2.45) is 5.73 Å². The summed E-state index contributed by atoms with van der Waals surface area (Å²) in [5.74, 6) is 1.65. The van der Waals surface area contributed by atoms with Gasteiger partial charge in [0.05, 0.1) is 17.8 Å². The van der Waals surface area contributed by atoms with Crippen molar-refractivity contribution >= 4 is 22.6 Å². The van der Waals surface area contributed by atoms with E-state index < -0.39 is 0 Å². The van der Waals surface area contributed by atoms with Gasteiger partial charge in [-0.2, -0.15) is 0 Å². The van der Waals surface area contributed by atoms with Gasteiger partial charge in [0.15, 0.2) is 0 Å². The van der Waals surface area contributed by atoms with Crippen molar-refractivity contribution in [1.29, 1.82) is 0 Å². The highest BCUT2D eigenvalue weighted by molar-refractivity contribution is 14.1. The predicted molar refractivity (Wildman–Crippen MR) is 69.6 cm³/mol. The number of hydrogen-bond acceptors (Lipinski definition) is 3. The maximum absolute atomic E-state index is 5.79. The monoisotopic (exact) mass is 321 g/mol. The first kappa shape index (κ1) is 12.6. The van der Waals surface area contributed by atoms with E-state index in [9.17, 15) is 0 Å². The van der Waals surface area contributed by atoms with Gasteiger partial charge < -0.3 is 15.2 Å². The van der Waals surface area contributed by atoms with E-state index in [4.69, 9.17) is 15.2 Å². The van der Waals surface area contributed by atoms with Crippen molar-refractivity contribution < 1.29 is 9.47 Å². The first-order chi connectivity index (χ1) is 7.08. The number of nitrogens with two attached hydrogens (primary N) is 1. The van der Waals surface area contributed by atoms with E-state index in [1.807, 2.05) is 19.1 Å². The lowest BCUT2D eigenvalue weighted by Gasteiger charge is -2.13. The van der Waals surface area contributed by atoms with Crippen LogP contribution in [0.1, 0.15) is 12.5 Å². The summed E-state index contributed by atoms with van der Waals surface area (Å²) in [6.07, 6.45) is 0.825. The molecular formula is C11H16INO2. The number of methoxy groups -OCH3 is 2. The van der Waals surface area contributed by atoms with Crippen molar-refractivity contribution in [3.05, 3.63) is 21.3 Å². The Hall–Kier alpha value is -0.490. The van der Waals surface area contributed by atoms with Gasteiger partial charge in [-0.15, -0.1) is 0 Å². The van der Waals surface area contributed by atoms with Crippen LogP contribution in [-0.2, 0) is 6.42 Å². The van der Waals surface area contributed by atoms with Crippen LogP contribution in [0.3, 0.4) is 0 Å². The Morgan fingerprint density at radius 2 is 2.00 bits per heavy atom. The van der Waals surface area contributed by atoms with E-state index >= 15 is 0 Å². The molecule has 0 saturated carbocycles. The van der Waals surface area contributed by atoms with Crippen LogP contribution >= 0.6 is 22.6 Å². The summed E-state index contributed by atoms with van der Waals surface area (Å²) in [6.45, 7) is 1.99. The summed E-state index contributed by atoms with van der Waals surface area (Å²) in [5.41, 5.74) is 6.96. The lowest BCUT2D eigenvalue weighted by atomic mass is 10.1. The van der Waals surface area contributed by atoms with Crippen LogP contribution in [-0.4, -0.2) is 20.3 Å². The second kappa shape index (κ2) is 5.55. The van der Waals surface area contributed by atoms with Crippen molar-refractivity contribution in [2.75, 3.05) is 14.2 Å². The SMILES string of the molecule is COc1cc(CC(C)N)c(I)c(OC)c1. The molecule has 1 atom stereocenters. The van der Waals surface area contributed by atoms with Gasteiger partial charge in [0, 0.05) is 12.1 Å². The molecule has 0 aliphatic heterocycles. The molecule has 0 fully saturated rings. The van der Waals surface area contributed by atoms with E-state index in [2.05, 4.69) is 22.6 Å². The Balaban J connectivity index is 3.12. The van der Waals surface area contributed by atoms with Crippen molar-refractivity contribution in [1.82, 2.24) is 0 Å². The Morgan fingerprint density at radius 1 is 1.33 bits per heavy atom. The zero-order valence-corrected chi connectivity index (χ0v) is 11.4. The predicted octanol–water partition coefficient (Wildman–Crippen LogP) is 2.20. The quantitative estimate of drug-likeness (QED) is 0.865. The summed E-state index contributed by atoms with van der Waals surface area (Å²) in [6, 6.07) is 4.02. The van der Waals surface area contributed by atoms with Crippen LogP contribution in [0, 0.1) is 3.57 Å². The summed E-state index contributed by atoms with van der Waals surface area (Å²) in [4.78, 5) is 0. The summed E-state index contributed by atoms with van der Waals surface area (Å²) in [5, 5.41) is 0. The maximum Gasteiger partial charge on any atom is 0.136 e. The minimum Gasteiger partial charge on any atom is -0.497 e. The highest BCUT2D eigenvalue weighted by Gasteiger charge is 2.10. The van der Waals surface area contributed by atoms with E-state index in [1.165, 1.54) is 5.56 Å². The topological polar surface area (TPSA) is 44.5 Å². The summed E-state index contributed by atoms with van der Waals surface area (Å²) in [7, 11) is 3.31. The van der Waals surface area contributed by atoms with Gasteiger partial charge in [-0.25, -0.2) is 0 Å². The molecule has 0 aliphatic carbocycles. The molecular weight excluding hydrogens is 305 g/mol. The molecule has 1 aromatic carbocycles. The molecule has 0 radical (unpaired) electrons. The number of benzene rings is 1. The Morgan fingerprint density at radius 3 is 2.47 bits per heavy atom. The molecule has 15 heavy (non-hydrogen) atoms. The van der Waals surface area contributed by atoms with Crippen LogP contribution in [0.4, 0.5) is 0 Å². The van der Waals surface area contributed by atoms with Crippen LogP contribution < -0.4 is 15.2 Å². The van der Waals surface area contributed by atoms with E-state index in [-0.39, 0.29) is 6.04 Å². The average molecular weight is 321 g/mol. The summed E-state index contributed by atoms with van der Waals surface area (Å²) >= 11 is 2.27. The third-order valence-corrected chi connectivity index (χ3v) is 3.31. The van der Waals surface area contributed by atoms with Gasteiger partial charge >= 0.3 is 0 Å². The van der Waals surface area contributed by atoms with Crippen molar-refractivity contribution in [2.45, 2.75) is 19.4 Å². The Bertz CT molecular complexity index is 340. The number of hydrogen-bond donors (Lipinski definition) is 1. The molecule has 4 heteroatoms. The van der Waals surface area contributed by atoms with E-state index in [1.54, 1.807) is 14.2 Å². The van der Waals surface area contributed by atoms with Gasteiger partial charge in [-0.05, 0) is 47.6 Å². The molecule has 1 rings (SSSR count). The van der Waals surface area contributed by atoms with E-state index in [0.717, 1.165) is 21.5 Å². The first-order valence-corrected chi connectivity index (χ1v) is 5.82. The average Bonchev–Trinajstić information content (AvgIpc) is 2.20. The molecule has 0 bridgehead atoms. The Labute approximate surface area is 104 Å². The smallest absolute Gasteiger partial charge is 0.136 e. The molecule has 2 N–H and O–H groups in total. The standard InChI is InChI=1S/C11H16INO2/c1-7(13)4-8-5-9(14-2)6-10(15-3)11(8)12/h5-7H,4,13H2,1-3H3. The van der Waals surface area contributed by atoms with Gasteiger partial charge in [0.2, 0.25) is 0 Å². The van der Waals surface area contributed by atoms with Gasteiger partial charge in [-0.3, -0.25) is 0 Å². The molecule has 0 heterocycles. The molecule has 0 spiro atoms. The molecule has 84 valence electrons. The minimum absolute atomic E-state index is 0.135. The minimum atomic E-state index is 0.135. The van der Waals surface area contributed by atoms with Gasteiger partial charge in [0.1, 0.15) is 11.5 Å². The molecule has 0 aliphatic rings. The van der Waals surface area contributed by atoms with Crippen LogP contribution in [0.25, 0.3) is 0 Å². The zero-order chi connectivity index (χ0) is 11.4. The normalized spacial score (nSPS) is 12.3. The second-order valence-corrected chi connectivity index (χ2v) is 4.56. The molecule has 1 aromatic rings. The maximum atomic E-state index is 5.79. The Kier molecular flexibility index (Phi) is 4.66. The highest BCUT2D eigenvalue weighted by atomic mass is 127. The first-order valence-electron chi connectivity index (χ1n) is 4.74. The third kappa shape index (κ3) is 3.24. The molecule has 1 unspecified atom stereocenters. The number of ether oxygens (including phenoxy) is 2. The fraction of sp³-hybridized carbons (Fsp3) is 0.455. The lowest BCUT2D eigenvalue weighted by Crippen LogP contribution is -2.18. The number of rotatable bonds is 4. The summed E-state index contributed by atoms with van der Waals surface area (Å²) < 4.78 is 11.6. The molecule has 0 saturated heterocycles.